The second kappa shape index (κ2) is 7.03. The number of carbonyl (C=O) groups excluding carboxylic acids is 1. The van der Waals surface area contributed by atoms with Crippen molar-refractivity contribution in [3.63, 3.8) is 0 Å². The highest BCUT2D eigenvalue weighted by Crippen LogP contribution is 2.29. The van der Waals surface area contributed by atoms with Crippen molar-refractivity contribution in [1.82, 2.24) is 9.88 Å². The number of thiazole rings is 1. The topological polar surface area (TPSA) is 53.4 Å². The molecule has 2 heterocycles. The average Bonchev–Trinajstić information content (AvgIpc) is 2.94. The highest BCUT2D eigenvalue weighted by molar-refractivity contribution is 7.13. The fraction of sp³-hybridized carbons (Fsp3) is 0.474. The van der Waals surface area contributed by atoms with Crippen molar-refractivity contribution in [2.45, 2.75) is 39.2 Å². The minimum atomic E-state index is -0.318. The number of amides is 1. The van der Waals surface area contributed by atoms with Crippen molar-refractivity contribution < 1.29 is 9.90 Å². The predicted octanol–water partition coefficient (Wildman–Crippen LogP) is 3.36. The average molecular weight is 344 g/mol. The first-order valence-electron chi connectivity index (χ1n) is 8.39. The Kier molecular flexibility index (Phi) is 5.01. The molecule has 1 amide bonds. The van der Waals surface area contributed by atoms with Gasteiger partial charge in [-0.2, -0.15) is 0 Å². The summed E-state index contributed by atoms with van der Waals surface area (Å²) in [5, 5.41) is 12.9. The number of rotatable bonds is 3. The Balaban J connectivity index is 1.68. The van der Waals surface area contributed by atoms with Gasteiger partial charge in [-0.15, -0.1) is 11.3 Å². The van der Waals surface area contributed by atoms with Gasteiger partial charge in [0.15, 0.2) is 0 Å². The second-order valence-electron chi connectivity index (χ2n) is 7.31. The molecule has 24 heavy (non-hydrogen) atoms. The lowest BCUT2D eigenvalue weighted by Gasteiger charge is -2.29. The van der Waals surface area contributed by atoms with E-state index in [-0.39, 0.29) is 17.4 Å². The van der Waals surface area contributed by atoms with Gasteiger partial charge in [0.25, 0.3) is 0 Å². The molecule has 1 aliphatic rings. The molecule has 1 N–H and O–H groups in total. The van der Waals surface area contributed by atoms with Gasteiger partial charge in [-0.25, -0.2) is 4.98 Å². The monoisotopic (exact) mass is 344 g/mol. The first-order chi connectivity index (χ1) is 11.4. The largest absolute Gasteiger partial charge is 0.393 e. The number of benzene rings is 1. The molecule has 1 fully saturated rings. The fourth-order valence-corrected chi connectivity index (χ4v) is 4.11. The van der Waals surface area contributed by atoms with Gasteiger partial charge in [-0.1, -0.05) is 44.2 Å². The number of likely N-dealkylation sites (tertiary alicyclic amines) is 1. The molecule has 0 aliphatic carbocycles. The quantitative estimate of drug-likeness (QED) is 0.929. The van der Waals surface area contributed by atoms with Crippen LogP contribution in [-0.4, -0.2) is 40.1 Å². The maximum absolute atomic E-state index is 12.7. The van der Waals surface area contributed by atoms with Crippen LogP contribution in [0.3, 0.4) is 0 Å². The molecule has 128 valence electrons. The van der Waals surface area contributed by atoms with Crippen LogP contribution in [0.15, 0.2) is 35.7 Å². The summed E-state index contributed by atoms with van der Waals surface area (Å²) in [6, 6.07) is 10.0. The Labute approximate surface area is 147 Å². The van der Waals surface area contributed by atoms with Gasteiger partial charge in [0.05, 0.1) is 18.2 Å². The van der Waals surface area contributed by atoms with E-state index in [1.165, 1.54) is 0 Å². The van der Waals surface area contributed by atoms with Crippen molar-refractivity contribution in [1.29, 1.82) is 0 Å². The predicted molar refractivity (Wildman–Crippen MR) is 96.9 cm³/mol. The molecule has 2 aromatic rings. The molecule has 0 radical (unpaired) electrons. The maximum atomic E-state index is 12.7. The zero-order chi connectivity index (χ0) is 17.2. The van der Waals surface area contributed by atoms with E-state index in [1.807, 2.05) is 40.6 Å². The van der Waals surface area contributed by atoms with Gasteiger partial charge in [0, 0.05) is 24.0 Å². The third-order valence-corrected chi connectivity index (χ3v) is 5.34. The van der Waals surface area contributed by atoms with E-state index in [1.54, 1.807) is 11.3 Å². The molecule has 1 aliphatic heterocycles. The molecule has 0 saturated carbocycles. The van der Waals surface area contributed by atoms with E-state index in [2.05, 4.69) is 18.8 Å². The Morgan fingerprint density at radius 1 is 1.38 bits per heavy atom. The Hall–Kier alpha value is -1.72. The highest BCUT2D eigenvalue weighted by Gasteiger charge is 2.31. The van der Waals surface area contributed by atoms with E-state index in [0.717, 1.165) is 22.7 Å². The highest BCUT2D eigenvalue weighted by atomic mass is 32.1. The van der Waals surface area contributed by atoms with Crippen LogP contribution in [0.25, 0.3) is 10.6 Å². The van der Waals surface area contributed by atoms with Crippen LogP contribution >= 0.6 is 11.3 Å². The standard InChI is InChI=1S/C19H24N2O2S/c1-19(2)11-16(22)8-9-21(13-19)17(23)10-15-12-24-18(20-15)14-6-4-3-5-7-14/h3-7,12,16,22H,8-11,13H2,1-2H3/t16-/m0/s1. The fourth-order valence-electron chi connectivity index (χ4n) is 3.29. The third kappa shape index (κ3) is 4.22. The summed E-state index contributed by atoms with van der Waals surface area (Å²) >= 11 is 1.57. The minimum Gasteiger partial charge on any atom is -0.393 e. The molecular weight excluding hydrogens is 320 g/mol. The molecule has 0 bridgehead atoms. The van der Waals surface area contributed by atoms with E-state index in [9.17, 15) is 9.90 Å². The number of aliphatic hydroxyl groups excluding tert-OH is 1. The lowest BCUT2D eigenvalue weighted by Crippen LogP contribution is -2.38. The zero-order valence-corrected chi connectivity index (χ0v) is 15.1. The molecule has 0 spiro atoms. The van der Waals surface area contributed by atoms with E-state index in [4.69, 9.17) is 0 Å². The number of carbonyl (C=O) groups is 1. The summed E-state index contributed by atoms with van der Waals surface area (Å²) in [5.74, 6) is 0.0992. The number of aromatic nitrogens is 1. The first-order valence-corrected chi connectivity index (χ1v) is 9.27. The molecule has 3 rings (SSSR count). The van der Waals surface area contributed by atoms with Crippen molar-refractivity contribution in [2.24, 2.45) is 5.41 Å². The van der Waals surface area contributed by atoms with E-state index in [0.29, 0.717) is 25.9 Å². The number of hydrogen-bond donors (Lipinski definition) is 1. The normalized spacial score (nSPS) is 20.6. The van der Waals surface area contributed by atoms with Crippen LogP contribution in [0, 0.1) is 5.41 Å². The Morgan fingerprint density at radius 3 is 2.88 bits per heavy atom. The van der Waals surface area contributed by atoms with Gasteiger partial charge >= 0.3 is 0 Å². The van der Waals surface area contributed by atoms with Gasteiger partial charge in [-0.3, -0.25) is 4.79 Å². The third-order valence-electron chi connectivity index (χ3n) is 4.40. The zero-order valence-electron chi connectivity index (χ0n) is 14.2. The lowest BCUT2D eigenvalue weighted by atomic mass is 9.87. The molecule has 1 aromatic carbocycles. The van der Waals surface area contributed by atoms with E-state index >= 15 is 0 Å². The first kappa shape index (κ1) is 17.1. The summed E-state index contributed by atoms with van der Waals surface area (Å²) in [6.45, 7) is 5.54. The summed E-state index contributed by atoms with van der Waals surface area (Å²) in [6.07, 6.45) is 1.41. The summed E-state index contributed by atoms with van der Waals surface area (Å²) in [4.78, 5) is 19.2. The van der Waals surface area contributed by atoms with Crippen LogP contribution in [0.1, 0.15) is 32.4 Å². The Bertz CT molecular complexity index is 696. The maximum Gasteiger partial charge on any atom is 0.228 e. The number of nitrogens with zero attached hydrogens (tertiary/aromatic N) is 2. The van der Waals surface area contributed by atoms with Crippen LogP contribution in [0.2, 0.25) is 0 Å². The lowest BCUT2D eigenvalue weighted by molar-refractivity contribution is -0.131. The SMILES string of the molecule is CC1(C)C[C@@H](O)CCN(C(=O)Cc2csc(-c3ccccc3)n2)C1. The molecule has 1 saturated heterocycles. The number of hydrogen-bond acceptors (Lipinski definition) is 4. The van der Waals surface area contributed by atoms with Crippen molar-refractivity contribution in [2.75, 3.05) is 13.1 Å². The van der Waals surface area contributed by atoms with Gasteiger partial charge in [0.2, 0.25) is 5.91 Å². The Morgan fingerprint density at radius 2 is 2.12 bits per heavy atom. The van der Waals surface area contributed by atoms with Crippen molar-refractivity contribution in [3.05, 3.63) is 41.4 Å². The summed E-state index contributed by atoms with van der Waals surface area (Å²) in [5.41, 5.74) is 1.86. The van der Waals surface area contributed by atoms with Crippen molar-refractivity contribution in [3.8, 4) is 10.6 Å². The van der Waals surface area contributed by atoms with Crippen LogP contribution in [0.5, 0.6) is 0 Å². The van der Waals surface area contributed by atoms with Crippen LogP contribution in [0.4, 0.5) is 0 Å². The van der Waals surface area contributed by atoms with Crippen LogP contribution in [-0.2, 0) is 11.2 Å². The van der Waals surface area contributed by atoms with Crippen LogP contribution < -0.4 is 0 Å². The minimum absolute atomic E-state index is 0.0527. The second-order valence-corrected chi connectivity index (χ2v) is 8.17. The molecule has 5 heteroatoms. The molecule has 1 atom stereocenters. The van der Waals surface area contributed by atoms with Gasteiger partial charge in [0.1, 0.15) is 5.01 Å². The summed E-state index contributed by atoms with van der Waals surface area (Å²) < 4.78 is 0. The van der Waals surface area contributed by atoms with E-state index < -0.39 is 0 Å². The smallest absolute Gasteiger partial charge is 0.228 e. The van der Waals surface area contributed by atoms with Crippen molar-refractivity contribution >= 4 is 17.2 Å². The summed E-state index contributed by atoms with van der Waals surface area (Å²) in [7, 11) is 0. The molecular formula is C19H24N2O2S. The molecule has 4 nitrogen and oxygen atoms in total. The van der Waals surface area contributed by atoms with Gasteiger partial charge in [-0.05, 0) is 18.3 Å². The molecule has 0 unspecified atom stereocenters. The van der Waals surface area contributed by atoms with Gasteiger partial charge < -0.3 is 10.0 Å². The number of aliphatic hydroxyl groups is 1. The molecule has 1 aromatic heterocycles.